The number of ketones is 1. The lowest BCUT2D eigenvalue weighted by Gasteiger charge is -2.09. The molecule has 10 heteroatoms. The number of nitrogens with zero attached hydrogens (tertiary/aromatic N) is 2. The number of Topliss-reactive ketones (excluding diaryl/α,β-unsaturated/α-hetero) is 1. The molecular weight excluding hydrogens is 370 g/mol. The molecule has 1 atom stereocenters. The van der Waals surface area contributed by atoms with Crippen molar-refractivity contribution in [3.63, 3.8) is 0 Å². The maximum absolute atomic E-state index is 12.3. The van der Waals surface area contributed by atoms with Crippen molar-refractivity contribution < 1.29 is 19.5 Å². The Balaban J connectivity index is 2.25. The number of thiazole rings is 1. The molecule has 4 N–H and O–H groups in total. The fraction of sp³-hybridized carbons (Fsp3) is 0.353. The first-order valence-corrected chi connectivity index (χ1v) is 9.12. The van der Waals surface area contributed by atoms with Gasteiger partial charge in [-0.05, 0) is 26.0 Å². The summed E-state index contributed by atoms with van der Waals surface area (Å²) in [4.78, 5) is 44.4. The molecule has 0 aromatic carbocycles. The van der Waals surface area contributed by atoms with Crippen LogP contribution in [0.15, 0.2) is 18.3 Å². The lowest BCUT2D eigenvalue weighted by Crippen LogP contribution is -2.35. The van der Waals surface area contributed by atoms with Crippen LogP contribution in [0, 0.1) is 0 Å². The molecule has 0 unspecified atom stereocenters. The van der Waals surface area contributed by atoms with Crippen molar-refractivity contribution in [1.29, 1.82) is 0 Å². The molecule has 0 saturated carbocycles. The number of hydrogen-bond donors (Lipinski definition) is 4. The molecule has 0 aliphatic rings. The van der Waals surface area contributed by atoms with Crippen LogP contribution in [-0.2, 0) is 0 Å². The summed E-state index contributed by atoms with van der Waals surface area (Å²) < 4.78 is 0. The van der Waals surface area contributed by atoms with Crippen LogP contribution in [0.5, 0.6) is 0 Å². The zero-order valence-electron chi connectivity index (χ0n) is 15.2. The van der Waals surface area contributed by atoms with Gasteiger partial charge in [-0.1, -0.05) is 0 Å². The molecule has 27 heavy (non-hydrogen) atoms. The number of anilines is 1. The molecule has 0 bridgehead atoms. The van der Waals surface area contributed by atoms with E-state index in [9.17, 15) is 14.4 Å². The number of hydrogen-bond acceptors (Lipinski definition) is 7. The van der Waals surface area contributed by atoms with Crippen LogP contribution in [0.1, 0.15) is 40.9 Å². The largest absolute Gasteiger partial charge is 0.394 e. The smallest absolute Gasteiger partial charge is 0.320 e. The van der Waals surface area contributed by atoms with Crippen molar-refractivity contribution in [2.45, 2.75) is 26.8 Å². The van der Waals surface area contributed by atoms with Gasteiger partial charge in [0.05, 0.1) is 6.61 Å². The van der Waals surface area contributed by atoms with Crippen LogP contribution in [0.25, 0.3) is 10.6 Å². The van der Waals surface area contributed by atoms with Crippen LogP contribution < -0.4 is 16.0 Å². The quantitative estimate of drug-likeness (QED) is 0.531. The highest BCUT2D eigenvalue weighted by Crippen LogP contribution is 2.28. The molecule has 9 nitrogen and oxygen atoms in total. The van der Waals surface area contributed by atoms with Crippen LogP contribution >= 0.6 is 11.3 Å². The Hall–Kier alpha value is -2.85. The highest BCUT2D eigenvalue weighted by molar-refractivity contribution is 7.17. The molecule has 2 aromatic rings. The van der Waals surface area contributed by atoms with E-state index in [2.05, 4.69) is 25.9 Å². The first kappa shape index (κ1) is 20.5. The van der Waals surface area contributed by atoms with Crippen LogP contribution in [0.2, 0.25) is 0 Å². The standard InChI is InChI=1S/C17H21N5O4S/c1-4-18-17(26)21-12-6-5-11(7-19-12)16-22-13(14(27-16)10(3)24)15(25)20-9(2)8-23/h5-7,9,23H,4,8H2,1-3H3,(H,20,25)(H2,18,19,21,26)/t9-/m0/s1. The average molecular weight is 391 g/mol. The summed E-state index contributed by atoms with van der Waals surface area (Å²) in [5.41, 5.74) is 0.630. The maximum atomic E-state index is 12.3. The van der Waals surface area contributed by atoms with E-state index in [4.69, 9.17) is 5.11 Å². The second-order valence-electron chi connectivity index (χ2n) is 5.73. The number of pyridine rings is 1. The first-order valence-electron chi connectivity index (χ1n) is 8.30. The summed E-state index contributed by atoms with van der Waals surface area (Å²) in [6.45, 7) is 5.09. The molecule has 144 valence electrons. The molecular formula is C17H21N5O4S. The van der Waals surface area contributed by atoms with E-state index in [1.54, 1.807) is 26.0 Å². The van der Waals surface area contributed by atoms with E-state index in [-0.39, 0.29) is 29.0 Å². The van der Waals surface area contributed by atoms with Gasteiger partial charge in [-0.25, -0.2) is 14.8 Å². The third kappa shape index (κ3) is 5.31. The van der Waals surface area contributed by atoms with Crippen molar-refractivity contribution in [2.75, 3.05) is 18.5 Å². The number of aliphatic hydroxyl groups is 1. The zero-order valence-corrected chi connectivity index (χ0v) is 16.0. The SMILES string of the molecule is CCNC(=O)Nc1ccc(-c2nc(C(=O)N[C@@H](C)CO)c(C(C)=O)s2)cn1. The van der Waals surface area contributed by atoms with Crippen LogP contribution in [0.3, 0.4) is 0 Å². The second kappa shape index (κ2) is 9.19. The molecule has 0 fully saturated rings. The summed E-state index contributed by atoms with van der Waals surface area (Å²) in [5, 5.41) is 17.3. The van der Waals surface area contributed by atoms with Gasteiger partial charge in [0.1, 0.15) is 15.7 Å². The molecule has 0 spiro atoms. The topological polar surface area (TPSA) is 133 Å². The monoisotopic (exact) mass is 391 g/mol. The van der Waals surface area contributed by atoms with Gasteiger partial charge in [0, 0.05) is 31.3 Å². The normalized spacial score (nSPS) is 11.6. The van der Waals surface area contributed by atoms with E-state index >= 15 is 0 Å². The minimum atomic E-state index is -0.522. The Morgan fingerprint density at radius 3 is 2.59 bits per heavy atom. The Morgan fingerprint density at radius 2 is 2.04 bits per heavy atom. The molecule has 0 saturated heterocycles. The summed E-state index contributed by atoms with van der Waals surface area (Å²) >= 11 is 1.09. The summed E-state index contributed by atoms with van der Waals surface area (Å²) in [6, 6.07) is 2.48. The van der Waals surface area contributed by atoms with Gasteiger partial charge in [0.2, 0.25) is 0 Å². The van der Waals surface area contributed by atoms with Crippen LogP contribution in [0.4, 0.5) is 10.6 Å². The Bertz CT molecular complexity index is 834. The number of aromatic nitrogens is 2. The molecule has 0 radical (unpaired) electrons. The van der Waals surface area contributed by atoms with E-state index < -0.39 is 11.9 Å². The lowest BCUT2D eigenvalue weighted by molar-refractivity contribution is 0.0908. The molecule has 2 heterocycles. The zero-order chi connectivity index (χ0) is 20.0. The van der Waals surface area contributed by atoms with Crippen LogP contribution in [-0.4, -0.2) is 52.0 Å². The summed E-state index contributed by atoms with van der Waals surface area (Å²) in [7, 11) is 0. The molecule has 2 rings (SSSR count). The molecule has 2 aromatic heterocycles. The van der Waals surface area contributed by atoms with Gasteiger partial charge in [-0.2, -0.15) is 0 Å². The number of amides is 3. The lowest BCUT2D eigenvalue weighted by atomic mass is 10.2. The van der Waals surface area contributed by atoms with E-state index in [0.29, 0.717) is 22.9 Å². The Kier molecular flexibility index (Phi) is 6.97. The van der Waals surface area contributed by atoms with Gasteiger partial charge in [0.25, 0.3) is 5.91 Å². The third-order valence-corrected chi connectivity index (χ3v) is 4.61. The van der Waals surface area contributed by atoms with Gasteiger partial charge in [0.15, 0.2) is 11.5 Å². The van der Waals surface area contributed by atoms with Gasteiger partial charge in [-0.3, -0.25) is 14.9 Å². The summed E-state index contributed by atoms with van der Waals surface area (Å²) in [5.74, 6) is -0.433. The molecule has 0 aliphatic heterocycles. The predicted molar refractivity (Wildman–Crippen MR) is 102 cm³/mol. The minimum Gasteiger partial charge on any atom is -0.394 e. The van der Waals surface area contributed by atoms with Crippen molar-refractivity contribution in [3.8, 4) is 10.6 Å². The fourth-order valence-electron chi connectivity index (χ4n) is 2.09. The minimum absolute atomic E-state index is 0.0207. The fourth-order valence-corrected chi connectivity index (χ4v) is 3.04. The Morgan fingerprint density at radius 1 is 1.30 bits per heavy atom. The number of rotatable bonds is 7. The number of urea groups is 1. The van der Waals surface area contributed by atoms with Crippen molar-refractivity contribution in [3.05, 3.63) is 28.9 Å². The number of aliphatic hydroxyl groups excluding tert-OH is 1. The maximum Gasteiger partial charge on any atom is 0.320 e. The van der Waals surface area contributed by atoms with Gasteiger partial charge in [-0.15, -0.1) is 11.3 Å². The van der Waals surface area contributed by atoms with Crippen molar-refractivity contribution >= 4 is 34.9 Å². The summed E-state index contributed by atoms with van der Waals surface area (Å²) in [6.07, 6.45) is 1.50. The molecule has 0 aliphatic carbocycles. The van der Waals surface area contributed by atoms with Gasteiger partial charge >= 0.3 is 6.03 Å². The number of nitrogens with one attached hydrogen (secondary N) is 3. The van der Waals surface area contributed by atoms with Crippen molar-refractivity contribution in [2.24, 2.45) is 0 Å². The van der Waals surface area contributed by atoms with Gasteiger partial charge < -0.3 is 15.7 Å². The highest BCUT2D eigenvalue weighted by Gasteiger charge is 2.23. The number of carbonyl (C=O) groups is 3. The Labute approximate surface area is 160 Å². The first-order chi connectivity index (χ1) is 12.8. The van der Waals surface area contributed by atoms with E-state index in [1.807, 2.05) is 0 Å². The second-order valence-corrected chi connectivity index (χ2v) is 6.73. The van der Waals surface area contributed by atoms with E-state index in [0.717, 1.165) is 11.3 Å². The molecule has 3 amide bonds. The predicted octanol–water partition coefficient (Wildman–Crippen LogP) is 1.66. The third-order valence-electron chi connectivity index (χ3n) is 3.40. The van der Waals surface area contributed by atoms with Crippen molar-refractivity contribution in [1.82, 2.24) is 20.6 Å². The number of carbonyl (C=O) groups excluding carboxylic acids is 3. The van der Waals surface area contributed by atoms with E-state index in [1.165, 1.54) is 13.1 Å². The average Bonchev–Trinajstić information content (AvgIpc) is 3.08. The highest BCUT2D eigenvalue weighted by atomic mass is 32.1.